The molecule has 1 N–H and O–H groups in total. The summed E-state index contributed by atoms with van der Waals surface area (Å²) in [6.07, 6.45) is 1.74. The summed E-state index contributed by atoms with van der Waals surface area (Å²) in [6, 6.07) is 5.19. The van der Waals surface area contributed by atoms with Crippen LogP contribution in [0, 0.1) is 0 Å². The third kappa shape index (κ3) is 2.71. The van der Waals surface area contributed by atoms with Gasteiger partial charge in [0.1, 0.15) is 0 Å². The lowest BCUT2D eigenvalue weighted by Gasteiger charge is -2.21. The van der Waals surface area contributed by atoms with Crippen LogP contribution < -0.4 is 0 Å². The van der Waals surface area contributed by atoms with Gasteiger partial charge < -0.3 is 14.4 Å². The highest BCUT2D eigenvalue weighted by atomic mass is 35.5. The first kappa shape index (κ1) is 14.2. The number of esters is 1. The average molecular weight is 302 g/mol. The topological polar surface area (TPSA) is 51.5 Å². The van der Waals surface area contributed by atoms with Crippen molar-refractivity contribution in [1.82, 2.24) is 4.57 Å². The van der Waals surface area contributed by atoms with Crippen molar-refractivity contribution in [2.75, 3.05) is 7.11 Å². The molecule has 0 spiro atoms. The van der Waals surface area contributed by atoms with Gasteiger partial charge in [-0.25, -0.2) is 4.79 Å². The molecule has 0 saturated carbocycles. The molecule has 1 unspecified atom stereocenters. The number of halogens is 2. The number of fused-ring (bicyclic) bond motifs is 1. The van der Waals surface area contributed by atoms with E-state index in [1.807, 2.05) is 0 Å². The molecule has 1 aromatic heterocycles. The van der Waals surface area contributed by atoms with Crippen molar-refractivity contribution in [2.45, 2.75) is 19.1 Å². The Kier molecular flexibility index (Phi) is 3.76. The number of carbonyl (C=O) groups is 1. The molecule has 0 fully saturated rings. The maximum Gasteiger partial charge on any atom is 0.339 e. The summed E-state index contributed by atoms with van der Waals surface area (Å²) in [6.45, 7) is 1.46. The maximum atomic E-state index is 11.5. The highest BCUT2D eigenvalue weighted by Crippen LogP contribution is 2.29. The highest BCUT2D eigenvalue weighted by molar-refractivity contribution is 6.38. The molecule has 0 bridgehead atoms. The Morgan fingerprint density at radius 1 is 1.47 bits per heavy atom. The minimum absolute atomic E-state index is 0.0554. The average Bonchev–Trinajstić information content (AvgIpc) is 2.71. The van der Waals surface area contributed by atoms with Gasteiger partial charge in [-0.1, -0.05) is 23.2 Å². The highest BCUT2D eigenvalue weighted by Gasteiger charge is 2.32. The lowest BCUT2D eigenvalue weighted by Crippen LogP contribution is -2.40. The number of hydrogen-bond acceptors (Lipinski definition) is 3. The zero-order chi connectivity index (χ0) is 14.2. The monoisotopic (exact) mass is 301 g/mol. The number of nitrogens with zero attached hydrogens (tertiary/aromatic N) is 1. The van der Waals surface area contributed by atoms with Crippen LogP contribution in [0.3, 0.4) is 0 Å². The lowest BCUT2D eigenvalue weighted by molar-refractivity contribution is -0.161. The Morgan fingerprint density at radius 2 is 2.16 bits per heavy atom. The van der Waals surface area contributed by atoms with Gasteiger partial charge in [0.2, 0.25) is 0 Å². The number of ether oxygens (including phenoxy) is 1. The molecule has 0 radical (unpaired) electrons. The van der Waals surface area contributed by atoms with Crippen LogP contribution in [0.4, 0.5) is 0 Å². The molecule has 6 heteroatoms. The van der Waals surface area contributed by atoms with Gasteiger partial charge in [0, 0.05) is 16.6 Å². The zero-order valence-corrected chi connectivity index (χ0v) is 12.0. The Labute approximate surface area is 120 Å². The molecule has 102 valence electrons. The molecule has 0 aliphatic rings. The molecule has 4 nitrogen and oxygen atoms in total. The lowest BCUT2D eigenvalue weighted by atomic mass is 10.1. The van der Waals surface area contributed by atoms with Gasteiger partial charge in [-0.3, -0.25) is 0 Å². The first-order valence-electron chi connectivity index (χ1n) is 5.60. The second-order valence-electron chi connectivity index (χ2n) is 4.53. The van der Waals surface area contributed by atoms with Crippen molar-refractivity contribution in [2.24, 2.45) is 0 Å². The minimum atomic E-state index is -1.62. The first-order chi connectivity index (χ1) is 8.85. The van der Waals surface area contributed by atoms with E-state index < -0.39 is 11.6 Å². The molecular formula is C13H13Cl2NO3. The van der Waals surface area contributed by atoms with Crippen molar-refractivity contribution in [3.05, 3.63) is 34.4 Å². The Balaban J connectivity index is 2.44. The fourth-order valence-electron chi connectivity index (χ4n) is 1.97. The maximum absolute atomic E-state index is 11.5. The van der Waals surface area contributed by atoms with E-state index >= 15 is 0 Å². The van der Waals surface area contributed by atoms with E-state index in [2.05, 4.69) is 4.74 Å². The van der Waals surface area contributed by atoms with E-state index in [-0.39, 0.29) is 6.54 Å². The van der Waals surface area contributed by atoms with Gasteiger partial charge in [-0.2, -0.15) is 0 Å². The van der Waals surface area contributed by atoms with Gasteiger partial charge in [0.15, 0.2) is 5.60 Å². The quantitative estimate of drug-likeness (QED) is 0.887. The number of aromatic nitrogens is 1. The largest absolute Gasteiger partial charge is 0.467 e. The number of rotatable bonds is 3. The normalized spacial score (nSPS) is 14.4. The van der Waals surface area contributed by atoms with Crippen molar-refractivity contribution >= 4 is 40.1 Å². The molecule has 0 aliphatic heterocycles. The number of hydrogen-bond donors (Lipinski definition) is 1. The number of aliphatic hydroxyl groups is 1. The summed E-state index contributed by atoms with van der Waals surface area (Å²) in [5, 5.41) is 11.9. The van der Waals surface area contributed by atoms with Crippen LogP contribution in [0.2, 0.25) is 10.0 Å². The molecule has 1 atom stereocenters. The number of methoxy groups -OCH3 is 1. The van der Waals surface area contributed by atoms with Crippen molar-refractivity contribution in [3.63, 3.8) is 0 Å². The van der Waals surface area contributed by atoms with Gasteiger partial charge in [0.05, 0.1) is 24.2 Å². The smallest absolute Gasteiger partial charge is 0.339 e. The third-order valence-corrected chi connectivity index (χ3v) is 3.44. The molecular weight excluding hydrogens is 289 g/mol. The SMILES string of the molecule is COC(=O)C(C)(O)Cn1ccc2c(Cl)cc(Cl)cc21. The van der Waals surface area contributed by atoms with Crippen LogP contribution in [-0.2, 0) is 16.1 Å². The number of carbonyl (C=O) groups excluding carboxylic acids is 1. The van der Waals surface area contributed by atoms with Gasteiger partial charge in [-0.15, -0.1) is 0 Å². The summed E-state index contributed by atoms with van der Waals surface area (Å²) >= 11 is 12.0. The van der Waals surface area contributed by atoms with E-state index in [9.17, 15) is 9.90 Å². The van der Waals surface area contributed by atoms with Crippen LogP contribution >= 0.6 is 23.2 Å². The third-order valence-electron chi connectivity index (χ3n) is 2.91. The molecule has 0 saturated heterocycles. The van der Waals surface area contributed by atoms with Crippen LogP contribution in [-0.4, -0.2) is 28.4 Å². The summed E-state index contributed by atoms with van der Waals surface area (Å²) < 4.78 is 6.28. The summed E-state index contributed by atoms with van der Waals surface area (Å²) in [4.78, 5) is 11.5. The Bertz CT molecular complexity index is 634. The van der Waals surface area contributed by atoms with Crippen molar-refractivity contribution in [1.29, 1.82) is 0 Å². The second kappa shape index (κ2) is 5.04. The van der Waals surface area contributed by atoms with Gasteiger partial charge in [-0.05, 0) is 25.1 Å². The fourth-order valence-corrected chi connectivity index (χ4v) is 2.52. The predicted molar refractivity (Wildman–Crippen MR) is 74.6 cm³/mol. The number of benzene rings is 1. The van der Waals surface area contributed by atoms with Crippen LogP contribution in [0.5, 0.6) is 0 Å². The molecule has 2 aromatic rings. The first-order valence-corrected chi connectivity index (χ1v) is 6.35. The van der Waals surface area contributed by atoms with Gasteiger partial charge >= 0.3 is 5.97 Å². The molecule has 1 aromatic carbocycles. The standard InChI is InChI=1S/C13H13Cl2NO3/c1-13(18,12(17)19-2)7-16-4-3-9-10(15)5-8(14)6-11(9)16/h3-6,18H,7H2,1-2H3. The molecule has 0 amide bonds. The van der Waals surface area contributed by atoms with Crippen LogP contribution in [0.25, 0.3) is 10.9 Å². The van der Waals surface area contributed by atoms with E-state index in [4.69, 9.17) is 23.2 Å². The van der Waals surface area contributed by atoms with Crippen LogP contribution in [0.1, 0.15) is 6.92 Å². The van der Waals surface area contributed by atoms with Crippen molar-refractivity contribution in [3.8, 4) is 0 Å². The fraction of sp³-hybridized carbons (Fsp3) is 0.308. The summed E-state index contributed by atoms with van der Waals surface area (Å²) in [5.41, 5.74) is -0.864. The van der Waals surface area contributed by atoms with Gasteiger partial charge in [0.25, 0.3) is 0 Å². The zero-order valence-electron chi connectivity index (χ0n) is 10.5. The summed E-state index contributed by atoms with van der Waals surface area (Å²) in [5.74, 6) is -0.692. The van der Waals surface area contributed by atoms with Crippen LogP contribution in [0.15, 0.2) is 24.4 Å². The summed E-state index contributed by atoms with van der Waals surface area (Å²) in [7, 11) is 1.23. The van der Waals surface area contributed by atoms with Crippen molar-refractivity contribution < 1.29 is 14.6 Å². The molecule has 19 heavy (non-hydrogen) atoms. The van der Waals surface area contributed by atoms with E-state index in [1.54, 1.807) is 29.0 Å². The predicted octanol–water partition coefficient (Wildman–Crippen LogP) is 2.87. The van der Waals surface area contributed by atoms with E-state index in [0.717, 1.165) is 10.9 Å². The van der Waals surface area contributed by atoms with E-state index in [1.165, 1.54) is 14.0 Å². The Morgan fingerprint density at radius 3 is 2.79 bits per heavy atom. The molecule has 2 rings (SSSR count). The second-order valence-corrected chi connectivity index (χ2v) is 5.37. The minimum Gasteiger partial charge on any atom is -0.467 e. The molecule has 0 aliphatic carbocycles. The Hall–Kier alpha value is -1.23. The molecule has 1 heterocycles. The van der Waals surface area contributed by atoms with E-state index in [0.29, 0.717) is 10.0 Å².